The highest BCUT2D eigenvalue weighted by molar-refractivity contribution is 7.95. The van der Waals surface area contributed by atoms with Crippen LogP contribution in [0, 0.1) is 6.92 Å². The summed E-state index contributed by atoms with van der Waals surface area (Å²) < 4.78 is 16.2. The molecule has 0 bridgehead atoms. The zero-order chi connectivity index (χ0) is 27.0. The van der Waals surface area contributed by atoms with Gasteiger partial charge in [0.05, 0.1) is 26.3 Å². The highest BCUT2D eigenvalue weighted by Gasteiger charge is 2.15. The summed E-state index contributed by atoms with van der Waals surface area (Å²) in [6.07, 6.45) is 1.90. The lowest BCUT2D eigenvalue weighted by molar-refractivity contribution is -0.118. The fourth-order valence-corrected chi connectivity index (χ4v) is 4.13. The Balaban J connectivity index is 0.000000247. The Labute approximate surface area is 226 Å². The van der Waals surface area contributed by atoms with Crippen molar-refractivity contribution < 1.29 is 18.5 Å². The molecule has 0 aromatic heterocycles. The van der Waals surface area contributed by atoms with E-state index in [1.165, 1.54) is 28.9 Å². The topological polar surface area (TPSA) is 51.2 Å². The van der Waals surface area contributed by atoms with Gasteiger partial charge in [0, 0.05) is 36.8 Å². The third kappa shape index (κ3) is 9.57. The molecule has 0 unspecified atom stereocenters. The monoisotopic (exact) mass is 524 g/mol. The lowest BCUT2D eigenvalue weighted by Crippen LogP contribution is -2.45. The number of hydrogen-bond donors (Lipinski definition) is 0. The van der Waals surface area contributed by atoms with E-state index in [0.717, 1.165) is 61.2 Å². The number of anilines is 1. The fraction of sp³-hybridized carbons (Fsp3) is 0.367. The first-order valence-corrected chi connectivity index (χ1v) is 13.5. The maximum atomic E-state index is 10.6. The van der Waals surface area contributed by atoms with Crippen molar-refractivity contribution in [2.75, 3.05) is 45.3 Å². The Morgan fingerprint density at radius 1 is 0.838 bits per heavy atom. The minimum absolute atomic E-state index is 0.761. The van der Waals surface area contributed by atoms with Gasteiger partial charge in [-0.15, -0.1) is 0 Å². The molecule has 4 rings (SSSR count). The second-order valence-electron chi connectivity index (χ2n) is 8.14. The van der Waals surface area contributed by atoms with Crippen LogP contribution >= 0.6 is 12.0 Å². The lowest BCUT2D eigenvalue weighted by Gasteiger charge is -2.34. The molecule has 3 aromatic carbocycles. The van der Waals surface area contributed by atoms with Crippen LogP contribution in [-0.4, -0.2) is 51.7 Å². The van der Waals surface area contributed by atoms with Gasteiger partial charge in [0.15, 0.2) is 11.5 Å². The number of piperazine rings is 1. The normalized spacial score (nSPS) is 12.4. The number of nitrogens with zero attached hydrogens (tertiary/aromatic N) is 2. The van der Waals surface area contributed by atoms with E-state index < -0.39 is 0 Å². The maximum Gasteiger partial charge on any atom is 0.209 e. The van der Waals surface area contributed by atoms with E-state index in [2.05, 4.69) is 61.2 Å². The molecule has 200 valence electrons. The highest BCUT2D eigenvalue weighted by atomic mass is 32.2. The molecule has 0 radical (unpaired) electrons. The molecule has 0 spiro atoms. The number of aryl methyl sites for hydroxylation is 2. The van der Waals surface area contributed by atoms with Gasteiger partial charge in [0.2, 0.25) is 6.41 Å². The van der Waals surface area contributed by atoms with Gasteiger partial charge >= 0.3 is 0 Å². The van der Waals surface area contributed by atoms with E-state index in [1.807, 2.05) is 38.1 Å². The minimum Gasteiger partial charge on any atom is -0.497 e. The maximum absolute atomic E-state index is 10.6. The Bertz CT molecular complexity index is 1050. The molecule has 37 heavy (non-hydrogen) atoms. The molecule has 6 nitrogen and oxygen atoms in total. The third-order valence-corrected chi connectivity index (χ3v) is 6.51. The van der Waals surface area contributed by atoms with Crippen molar-refractivity contribution in [1.82, 2.24) is 4.90 Å². The second kappa shape index (κ2) is 16.4. The van der Waals surface area contributed by atoms with E-state index in [0.29, 0.717) is 0 Å². The van der Waals surface area contributed by atoms with E-state index in [9.17, 15) is 4.79 Å². The second-order valence-corrected chi connectivity index (χ2v) is 8.95. The largest absolute Gasteiger partial charge is 0.497 e. The summed E-state index contributed by atoms with van der Waals surface area (Å²) in [5.74, 6) is 2.40. The summed E-state index contributed by atoms with van der Waals surface area (Å²) >= 11 is 1.35. The van der Waals surface area contributed by atoms with E-state index >= 15 is 0 Å². The zero-order valence-corrected chi connectivity index (χ0v) is 23.7. The Hall–Kier alpha value is -3.32. The van der Waals surface area contributed by atoms with Gasteiger partial charge in [-0.2, -0.15) is 0 Å². The molecule has 0 aliphatic carbocycles. The molecule has 0 N–H and O–H groups in total. The van der Waals surface area contributed by atoms with Crippen molar-refractivity contribution >= 4 is 24.1 Å². The van der Waals surface area contributed by atoms with E-state index in [4.69, 9.17) is 13.7 Å². The Kier molecular flexibility index (Phi) is 13.3. The van der Waals surface area contributed by atoms with Crippen molar-refractivity contribution in [2.24, 2.45) is 0 Å². The Morgan fingerprint density at radius 3 is 2.03 bits per heavy atom. The van der Waals surface area contributed by atoms with Gasteiger partial charge in [0.1, 0.15) is 5.75 Å². The average molecular weight is 525 g/mol. The van der Waals surface area contributed by atoms with Crippen molar-refractivity contribution in [3.63, 3.8) is 0 Å². The van der Waals surface area contributed by atoms with Crippen LogP contribution in [0.3, 0.4) is 0 Å². The summed E-state index contributed by atoms with van der Waals surface area (Å²) in [6, 6.07) is 22.3. The van der Waals surface area contributed by atoms with Gasteiger partial charge in [-0.25, -0.2) is 0 Å². The summed E-state index contributed by atoms with van der Waals surface area (Å²) in [7, 11) is 3.32. The first-order valence-electron chi connectivity index (χ1n) is 12.7. The highest BCUT2D eigenvalue weighted by Crippen LogP contribution is 2.33. The third-order valence-electron chi connectivity index (χ3n) is 5.79. The van der Waals surface area contributed by atoms with Gasteiger partial charge in [-0.05, 0) is 67.4 Å². The summed E-state index contributed by atoms with van der Waals surface area (Å²) in [5.41, 5.74) is 3.67. The molecule has 0 atom stereocenters. The standard InChI is InChI=1S/C16H18O2S.C12H16N2O2.C2H6/c1-4-13-7-10-15(17-3)16(11-13)18-19-14-8-5-12(2)6-9-14;1-16-12-4-2-11(3-5-12)14-8-6-13(10-15)7-9-14;1-2/h5-11H,4H2,1-3H3;2-5,10H,6-9H2,1H3;1-2H3. The van der Waals surface area contributed by atoms with Crippen LogP contribution in [0.1, 0.15) is 31.9 Å². The smallest absolute Gasteiger partial charge is 0.209 e. The van der Waals surface area contributed by atoms with Crippen LogP contribution in [-0.2, 0) is 11.2 Å². The van der Waals surface area contributed by atoms with E-state index in [-0.39, 0.29) is 0 Å². The molecule has 1 heterocycles. The molecule has 3 aromatic rings. The predicted octanol–water partition coefficient (Wildman–Crippen LogP) is 6.65. The molecule has 1 amide bonds. The summed E-state index contributed by atoms with van der Waals surface area (Å²) in [6.45, 7) is 11.6. The fourth-order valence-electron chi connectivity index (χ4n) is 3.57. The van der Waals surface area contributed by atoms with Crippen LogP contribution in [0.15, 0.2) is 71.6 Å². The van der Waals surface area contributed by atoms with Crippen molar-refractivity contribution in [1.29, 1.82) is 0 Å². The zero-order valence-electron chi connectivity index (χ0n) is 22.9. The number of benzene rings is 3. The molecule has 1 aliphatic rings. The molecular weight excluding hydrogens is 484 g/mol. The first-order chi connectivity index (χ1) is 18.1. The molecule has 1 saturated heterocycles. The Morgan fingerprint density at radius 2 is 1.49 bits per heavy atom. The van der Waals surface area contributed by atoms with E-state index in [1.54, 1.807) is 19.1 Å². The van der Waals surface area contributed by atoms with Gasteiger partial charge < -0.3 is 23.5 Å². The quantitative estimate of drug-likeness (QED) is 0.243. The lowest BCUT2D eigenvalue weighted by atomic mass is 10.1. The molecular formula is C30H40N2O4S. The van der Waals surface area contributed by atoms with Crippen LogP contribution < -0.4 is 18.6 Å². The number of ether oxygens (including phenoxy) is 2. The van der Waals surface area contributed by atoms with Gasteiger partial charge in [-0.1, -0.05) is 44.5 Å². The number of methoxy groups -OCH3 is 2. The number of carbonyl (C=O) groups is 1. The molecule has 0 saturated carbocycles. The average Bonchev–Trinajstić information content (AvgIpc) is 2.98. The SMILES string of the molecule is CC.CCc1ccc(OC)c(OSc2ccc(C)cc2)c1.COc1ccc(N2CCN(C=O)CC2)cc1. The number of carbonyl (C=O) groups excluding carboxylic acids is 1. The van der Waals surface area contributed by atoms with Crippen LogP contribution in [0.5, 0.6) is 17.2 Å². The molecule has 7 heteroatoms. The molecule has 1 fully saturated rings. The van der Waals surface area contributed by atoms with Gasteiger partial charge in [-0.3, -0.25) is 4.79 Å². The predicted molar refractivity (Wildman–Crippen MR) is 154 cm³/mol. The first kappa shape index (κ1) is 29.9. The van der Waals surface area contributed by atoms with Crippen molar-refractivity contribution in [3.05, 3.63) is 77.9 Å². The number of hydrogen-bond acceptors (Lipinski definition) is 6. The summed E-state index contributed by atoms with van der Waals surface area (Å²) in [5, 5.41) is 0. The van der Waals surface area contributed by atoms with Crippen molar-refractivity contribution in [2.45, 2.75) is 39.0 Å². The minimum atomic E-state index is 0.761. The van der Waals surface area contributed by atoms with Crippen LogP contribution in [0.4, 0.5) is 5.69 Å². The van der Waals surface area contributed by atoms with Crippen molar-refractivity contribution in [3.8, 4) is 17.2 Å². The number of amides is 1. The molecule has 1 aliphatic heterocycles. The van der Waals surface area contributed by atoms with Gasteiger partial charge in [0.25, 0.3) is 0 Å². The number of rotatable bonds is 8. The van der Waals surface area contributed by atoms with Crippen LogP contribution in [0.25, 0.3) is 0 Å². The van der Waals surface area contributed by atoms with Crippen LogP contribution in [0.2, 0.25) is 0 Å². The summed E-state index contributed by atoms with van der Waals surface area (Å²) in [4.78, 5) is 15.7.